The van der Waals surface area contributed by atoms with Crippen LogP contribution in [0.1, 0.15) is 36.0 Å². The number of amides is 1. The molecular weight excluding hydrogens is 392 g/mol. The van der Waals surface area contributed by atoms with E-state index in [-0.39, 0.29) is 23.6 Å². The smallest absolute Gasteiger partial charge is 0.254 e. The Kier molecular flexibility index (Phi) is 5.84. The zero-order valence-corrected chi connectivity index (χ0v) is 17.2. The molecule has 0 fully saturated rings. The number of aromatic amines is 1. The molecule has 4 aromatic rings. The summed E-state index contributed by atoms with van der Waals surface area (Å²) in [6.07, 6.45) is 0.759. The van der Waals surface area contributed by atoms with Crippen LogP contribution in [0, 0.1) is 6.92 Å². The highest BCUT2D eigenvalue weighted by Crippen LogP contribution is 2.22. The molecule has 158 valence electrons. The van der Waals surface area contributed by atoms with Crippen LogP contribution in [-0.4, -0.2) is 25.5 Å². The van der Waals surface area contributed by atoms with Crippen LogP contribution in [0.25, 0.3) is 11.0 Å². The Bertz CT molecular complexity index is 1230. The number of nitrogens with zero attached hydrogens (tertiary/aromatic N) is 2. The van der Waals surface area contributed by atoms with E-state index in [4.69, 9.17) is 0 Å². The first-order valence-electron chi connectivity index (χ1n) is 10.2. The minimum Gasteiger partial charge on any atom is -0.508 e. The normalized spacial score (nSPS) is 12.0. The number of para-hydroxylation sites is 2. The molecule has 0 aliphatic heterocycles. The van der Waals surface area contributed by atoms with Crippen molar-refractivity contribution >= 4 is 16.9 Å². The molecule has 1 atom stereocenters. The van der Waals surface area contributed by atoms with Gasteiger partial charge in [0.25, 0.3) is 5.56 Å². The van der Waals surface area contributed by atoms with Crippen molar-refractivity contribution in [1.29, 1.82) is 0 Å². The molecule has 0 saturated carbocycles. The van der Waals surface area contributed by atoms with E-state index in [1.54, 1.807) is 11.5 Å². The molecule has 1 amide bonds. The lowest BCUT2D eigenvalue weighted by Crippen LogP contribution is -2.30. The Morgan fingerprint density at radius 3 is 2.61 bits per heavy atom. The molecule has 3 N–H and O–H groups in total. The van der Waals surface area contributed by atoms with Gasteiger partial charge < -0.3 is 20.0 Å². The van der Waals surface area contributed by atoms with Crippen molar-refractivity contribution in [3.05, 3.63) is 94.2 Å². The first kappa shape index (κ1) is 20.4. The van der Waals surface area contributed by atoms with Crippen molar-refractivity contribution in [2.24, 2.45) is 0 Å². The zero-order chi connectivity index (χ0) is 21.8. The molecule has 0 radical (unpaired) electrons. The summed E-state index contributed by atoms with van der Waals surface area (Å²) in [6.45, 7) is 2.16. The number of hydrogen-bond donors (Lipinski definition) is 3. The summed E-state index contributed by atoms with van der Waals surface area (Å²) in [7, 11) is 0. The van der Waals surface area contributed by atoms with Crippen LogP contribution in [-0.2, 0) is 11.3 Å². The molecule has 2 heterocycles. The Labute approximate surface area is 179 Å². The number of aromatic hydroxyl groups is 1. The number of imidazole rings is 1. The Morgan fingerprint density at radius 2 is 1.87 bits per heavy atom. The number of carbonyl (C=O) groups excluding carboxylic acids is 1. The van der Waals surface area contributed by atoms with Crippen LogP contribution in [0.4, 0.5) is 0 Å². The number of aromatic nitrogens is 3. The molecule has 0 aliphatic carbocycles. The van der Waals surface area contributed by atoms with Gasteiger partial charge in [0, 0.05) is 24.7 Å². The third-order valence-corrected chi connectivity index (χ3v) is 5.22. The Hall–Kier alpha value is -3.87. The molecule has 4 rings (SSSR count). The summed E-state index contributed by atoms with van der Waals surface area (Å²) in [6, 6.07) is 19.8. The van der Waals surface area contributed by atoms with Gasteiger partial charge >= 0.3 is 0 Å². The first-order chi connectivity index (χ1) is 15.0. The van der Waals surface area contributed by atoms with Gasteiger partial charge in [-0.2, -0.15) is 0 Å². The molecule has 31 heavy (non-hydrogen) atoms. The highest BCUT2D eigenvalue weighted by Gasteiger charge is 2.20. The van der Waals surface area contributed by atoms with E-state index in [1.807, 2.05) is 54.6 Å². The lowest BCUT2D eigenvalue weighted by Gasteiger charge is -2.17. The first-order valence-corrected chi connectivity index (χ1v) is 10.2. The third-order valence-electron chi connectivity index (χ3n) is 5.22. The quantitative estimate of drug-likeness (QED) is 0.430. The number of aryl methyl sites for hydroxylation is 1. The van der Waals surface area contributed by atoms with E-state index in [9.17, 15) is 14.7 Å². The third kappa shape index (κ3) is 4.66. The van der Waals surface area contributed by atoms with Crippen LogP contribution < -0.4 is 10.9 Å². The number of fused-ring (bicyclic) bond motifs is 1. The van der Waals surface area contributed by atoms with Gasteiger partial charge in [0.15, 0.2) is 0 Å². The molecule has 2 aromatic carbocycles. The average molecular weight is 416 g/mol. The topological polar surface area (TPSA) is 100 Å². The number of carbonyl (C=O) groups is 1. The number of nitrogens with one attached hydrogen (secondary N) is 2. The Morgan fingerprint density at radius 1 is 1.13 bits per heavy atom. The van der Waals surface area contributed by atoms with Gasteiger partial charge in [-0.25, -0.2) is 4.98 Å². The summed E-state index contributed by atoms with van der Waals surface area (Å²) >= 11 is 0. The minimum absolute atomic E-state index is 0.0481. The maximum absolute atomic E-state index is 12.7. The van der Waals surface area contributed by atoms with Crippen molar-refractivity contribution in [2.75, 3.05) is 0 Å². The second-order valence-corrected chi connectivity index (χ2v) is 7.50. The predicted octanol–water partition coefficient (Wildman–Crippen LogP) is 3.42. The molecule has 7 heteroatoms. The molecule has 0 aliphatic rings. The molecule has 0 bridgehead atoms. The summed E-state index contributed by atoms with van der Waals surface area (Å²) in [5, 5.41) is 12.6. The lowest BCUT2D eigenvalue weighted by atomic mass is 10.1. The highest BCUT2D eigenvalue weighted by atomic mass is 16.3. The standard InChI is InChI=1S/C24H24N4O3/c1-16-14-18(29)15-22(31)28(16)13-7-12-21(30)27-23(17-8-3-2-4-9-17)24-25-19-10-5-6-11-20(19)26-24/h2-6,8-11,14-15,23,29H,7,12-13H2,1H3,(H,25,26)(H,27,30)/t23-/m0/s1. The SMILES string of the molecule is Cc1cc(O)cc(=O)n1CCCC(=O)N[C@@H](c1ccccc1)c1nc2ccccc2[nH]1. The van der Waals surface area contributed by atoms with Crippen molar-refractivity contribution in [1.82, 2.24) is 19.9 Å². The van der Waals surface area contributed by atoms with E-state index >= 15 is 0 Å². The largest absolute Gasteiger partial charge is 0.508 e. The van der Waals surface area contributed by atoms with Crippen molar-refractivity contribution < 1.29 is 9.90 Å². The van der Waals surface area contributed by atoms with Crippen LogP contribution in [0.3, 0.4) is 0 Å². The minimum atomic E-state index is -0.403. The van der Waals surface area contributed by atoms with Gasteiger partial charge in [0.05, 0.1) is 11.0 Å². The maximum Gasteiger partial charge on any atom is 0.254 e. The summed E-state index contributed by atoms with van der Waals surface area (Å²) in [4.78, 5) is 32.8. The van der Waals surface area contributed by atoms with Gasteiger partial charge in [0.1, 0.15) is 17.6 Å². The van der Waals surface area contributed by atoms with Gasteiger partial charge in [-0.3, -0.25) is 9.59 Å². The zero-order valence-electron chi connectivity index (χ0n) is 17.2. The van der Waals surface area contributed by atoms with E-state index < -0.39 is 6.04 Å². The number of hydrogen-bond acceptors (Lipinski definition) is 4. The summed E-state index contributed by atoms with van der Waals surface area (Å²) in [5.74, 6) is 0.498. The second-order valence-electron chi connectivity index (χ2n) is 7.50. The van der Waals surface area contributed by atoms with Crippen molar-refractivity contribution in [3.8, 4) is 5.75 Å². The van der Waals surface area contributed by atoms with E-state index in [1.165, 1.54) is 12.1 Å². The molecule has 2 aromatic heterocycles. The van der Waals surface area contributed by atoms with Gasteiger partial charge in [-0.15, -0.1) is 0 Å². The fourth-order valence-corrected chi connectivity index (χ4v) is 3.69. The number of pyridine rings is 1. The number of rotatable bonds is 7. The van der Waals surface area contributed by atoms with Gasteiger partial charge in [-0.1, -0.05) is 42.5 Å². The van der Waals surface area contributed by atoms with E-state index in [0.29, 0.717) is 24.5 Å². The second kappa shape index (κ2) is 8.87. The van der Waals surface area contributed by atoms with Crippen LogP contribution >= 0.6 is 0 Å². The fraction of sp³-hybridized carbons (Fsp3) is 0.208. The van der Waals surface area contributed by atoms with E-state index in [0.717, 1.165) is 16.6 Å². The monoisotopic (exact) mass is 416 g/mol. The maximum atomic E-state index is 12.7. The van der Waals surface area contributed by atoms with Crippen LogP contribution in [0.5, 0.6) is 5.75 Å². The van der Waals surface area contributed by atoms with Gasteiger partial charge in [0.2, 0.25) is 5.91 Å². The number of benzene rings is 2. The Balaban J connectivity index is 1.48. The van der Waals surface area contributed by atoms with Gasteiger partial charge in [-0.05, 0) is 37.1 Å². The molecule has 0 saturated heterocycles. The van der Waals surface area contributed by atoms with Crippen molar-refractivity contribution in [2.45, 2.75) is 32.4 Å². The summed E-state index contributed by atoms with van der Waals surface area (Å²) in [5.41, 5.74) is 3.07. The lowest BCUT2D eigenvalue weighted by molar-refractivity contribution is -0.121. The molecular formula is C24H24N4O3. The fourth-order valence-electron chi connectivity index (χ4n) is 3.69. The molecule has 0 spiro atoms. The van der Waals surface area contributed by atoms with Crippen molar-refractivity contribution in [3.63, 3.8) is 0 Å². The van der Waals surface area contributed by atoms with Crippen LogP contribution in [0.2, 0.25) is 0 Å². The average Bonchev–Trinajstić information content (AvgIpc) is 3.18. The van der Waals surface area contributed by atoms with E-state index in [2.05, 4.69) is 15.3 Å². The summed E-state index contributed by atoms with van der Waals surface area (Å²) < 4.78 is 1.56. The highest BCUT2D eigenvalue weighted by molar-refractivity contribution is 5.78. The number of H-pyrrole nitrogens is 1. The molecule has 7 nitrogen and oxygen atoms in total. The molecule has 0 unspecified atom stereocenters. The predicted molar refractivity (Wildman–Crippen MR) is 119 cm³/mol. The van der Waals surface area contributed by atoms with Crippen LogP contribution in [0.15, 0.2) is 71.5 Å².